The van der Waals surface area contributed by atoms with Crippen molar-refractivity contribution in [2.24, 2.45) is 11.1 Å². The molecule has 0 saturated heterocycles. The Morgan fingerprint density at radius 1 is 1.39 bits per heavy atom. The van der Waals surface area contributed by atoms with Gasteiger partial charge in [0.05, 0.1) is 5.41 Å². The van der Waals surface area contributed by atoms with Gasteiger partial charge in [-0.1, -0.05) is 30.7 Å². The van der Waals surface area contributed by atoms with Crippen LogP contribution in [0.3, 0.4) is 0 Å². The van der Waals surface area contributed by atoms with Gasteiger partial charge >= 0.3 is 5.97 Å². The molecular formula is C14H19NO2S. The van der Waals surface area contributed by atoms with Gasteiger partial charge in [0.2, 0.25) is 0 Å². The fraction of sp³-hybridized carbons (Fsp3) is 0.500. The summed E-state index contributed by atoms with van der Waals surface area (Å²) in [5.74, 6) is -0.720. The number of rotatable bonds is 4. The Labute approximate surface area is 113 Å². The first-order valence-electron chi connectivity index (χ1n) is 6.28. The molecule has 3 N–H and O–H groups in total. The molecule has 2 unspecified atom stereocenters. The van der Waals surface area contributed by atoms with Crippen LogP contribution in [-0.4, -0.2) is 16.3 Å². The summed E-state index contributed by atoms with van der Waals surface area (Å²) in [7, 11) is 0. The van der Waals surface area contributed by atoms with Gasteiger partial charge in [0.25, 0.3) is 0 Å². The molecule has 0 spiro atoms. The van der Waals surface area contributed by atoms with Gasteiger partial charge in [-0.2, -0.15) is 12.6 Å². The van der Waals surface area contributed by atoms with Crippen molar-refractivity contribution in [1.82, 2.24) is 0 Å². The molecule has 1 aromatic carbocycles. The Morgan fingerprint density at radius 2 is 2.00 bits per heavy atom. The van der Waals surface area contributed by atoms with Crippen molar-refractivity contribution in [2.45, 2.75) is 37.5 Å². The number of benzene rings is 1. The minimum atomic E-state index is -0.720. The standard InChI is InChI=1S/C14H19NO2S/c15-9-11-5-3-10(4-6-11)8-14(13(16)17)7-1-2-12(14)18/h3-6,12,18H,1-2,7-9,15H2,(H,16,17). The van der Waals surface area contributed by atoms with Gasteiger partial charge in [-0.05, 0) is 30.4 Å². The van der Waals surface area contributed by atoms with E-state index in [1.165, 1.54) is 0 Å². The minimum Gasteiger partial charge on any atom is -0.481 e. The third-order valence-corrected chi connectivity index (χ3v) is 4.69. The average molecular weight is 265 g/mol. The predicted octanol–water partition coefficient (Wildman–Crippen LogP) is 2.24. The number of carboxylic acid groups (broad SMARTS) is 1. The van der Waals surface area contributed by atoms with Crippen molar-refractivity contribution in [3.8, 4) is 0 Å². The van der Waals surface area contributed by atoms with E-state index in [0.717, 1.165) is 30.4 Å². The first-order chi connectivity index (χ1) is 8.58. The van der Waals surface area contributed by atoms with E-state index < -0.39 is 11.4 Å². The van der Waals surface area contributed by atoms with Crippen LogP contribution in [-0.2, 0) is 17.8 Å². The highest BCUT2D eigenvalue weighted by molar-refractivity contribution is 7.81. The Balaban J connectivity index is 2.21. The van der Waals surface area contributed by atoms with Crippen LogP contribution in [0.5, 0.6) is 0 Å². The van der Waals surface area contributed by atoms with Gasteiger partial charge in [-0.15, -0.1) is 0 Å². The molecule has 4 heteroatoms. The lowest BCUT2D eigenvalue weighted by Crippen LogP contribution is -2.37. The molecule has 1 aliphatic carbocycles. The fourth-order valence-electron chi connectivity index (χ4n) is 2.74. The molecule has 2 atom stereocenters. The number of nitrogens with two attached hydrogens (primary N) is 1. The molecule has 0 bridgehead atoms. The maximum Gasteiger partial charge on any atom is 0.311 e. The van der Waals surface area contributed by atoms with Crippen LogP contribution < -0.4 is 5.73 Å². The summed E-state index contributed by atoms with van der Waals surface area (Å²) in [4.78, 5) is 11.6. The molecule has 1 saturated carbocycles. The lowest BCUT2D eigenvalue weighted by Gasteiger charge is -2.28. The maximum absolute atomic E-state index is 11.6. The summed E-state index contributed by atoms with van der Waals surface area (Å²) in [6, 6.07) is 7.89. The summed E-state index contributed by atoms with van der Waals surface area (Å²) in [5, 5.41) is 9.48. The van der Waals surface area contributed by atoms with E-state index in [9.17, 15) is 9.90 Å². The highest BCUT2D eigenvalue weighted by Crippen LogP contribution is 2.44. The SMILES string of the molecule is NCc1ccc(CC2(C(=O)O)CCCC2S)cc1. The summed E-state index contributed by atoms with van der Waals surface area (Å²) in [6.07, 6.45) is 3.11. The molecule has 1 aliphatic rings. The summed E-state index contributed by atoms with van der Waals surface area (Å²) in [6.45, 7) is 0.513. The number of carboxylic acids is 1. The van der Waals surface area contributed by atoms with Crippen LogP contribution in [0, 0.1) is 5.41 Å². The van der Waals surface area contributed by atoms with E-state index in [4.69, 9.17) is 5.73 Å². The molecule has 98 valence electrons. The highest BCUT2D eigenvalue weighted by atomic mass is 32.1. The van der Waals surface area contributed by atoms with Gasteiger partial charge in [-0.25, -0.2) is 0 Å². The molecule has 2 rings (SSSR count). The van der Waals surface area contributed by atoms with Crippen LogP contribution in [0.15, 0.2) is 24.3 Å². The number of hydrogen-bond donors (Lipinski definition) is 3. The summed E-state index contributed by atoms with van der Waals surface area (Å²) in [5.41, 5.74) is 6.97. The quantitative estimate of drug-likeness (QED) is 0.732. The van der Waals surface area contributed by atoms with Gasteiger partial charge in [-0.3, -0.25) is 4.79 Å². The maximum atomic E-state index is 11.6. The lowest BCUT2D eigenvalue weighted by atomic mass is 9.79. The second kappa shape index (κ2) is 5.33. The minimum absolute atomic E-state index is 0.0517. The van der Waals surface area contributed by atoms with E-state index in [2.05, 4.69) is 12.6 Å². The molecule has 1 fully saturated rings. The Hall–Kier alpha value is -1.00. The summed E-state index contributed by atoms with van der Waals surface area (Å²) >= 11 is 4.48. The fourth-order valence-corrected chi connectivity index (χ4v) is 3.26. The average Bonchev–Trinajstić information content (AvgIpc) is 2.73. The molecule has 18 heavy (non-hydrogen) atoms. The zero-order valence-electron chi connectivity index (χ0n) is 10.3. The zero-order chi connectivity index (χ0) is 13.2. The van der Waals surface area contributed by atoms with Gasteiger partial charge in [0.1, 0.15) is 0 Å². The van der Waals surface area contributed by atoms with Crippen LogP contribution in [0.25, 0.3) is 0 Å². The lowest BCUT2D eigenvalue weighted by molar-refractivity contribution is -0.148. The molecule has 0 amide bonds. The zero-order valence-corrected chi connectivity index (χ0v) is 11.2. The van der Waals surface area contributed by atoms with Crippen molar-refractivity contribution in [3.63, 3.8) is 0 Å². The van der Waals surface area contributed by atoms with Gasteiger partial charge < -0.3 is 10.8 Å². The van der Waals surface area contributed by atoms with Crippen LogP contribution in [0.1, 0.15) is 30.4 Å². The smallest absolute Gasteiger partial charge is 0.311 e. The molecule has 0 radical (unpaired) electrons. The number of thiol groups is 1. The Kier molecular flexibility index (Phi) is 3.97. The molecule has 0 aliphatic heterocycles. The molecule has 0 heterocycles. The topological polar surface area (TPSA) is 63.3 Å². The highest BCUT2D eigenvalue weighted by Gasteiger charge is 2.47. The third kappa shape index (κ3) is 2.40. The number of carbonyl (C=O) groups is 1. The van der Waals surface area contributed by atoms with E-state index in [0.29, 0.717) is 13.0 Å². The number of aliphatic carboxylic acids is 1. The van der Waals surface area contributed by atoms with E-state index in [-0.39, 0.29) is 5.25 Å². The molecule has 0 aromatic heterocycles. The Morgan fingerprint density at radius 3 is 2.44 bits per heavy atom. The summed E-state index contributed by atoms with van der Waals surface area (Å²) < 4.78 is 0. The second-order valence-corrected chi connectivity index (χ2v) is 5.69. The van der Waals surface area contributed by atoms with Crippen molar-refractivity contribution in [3.05, 3.63) is 35.4 Å². The van der Waals surface area contributed by atoms with E-state index in [1.807, 2.05) is 24.3 Å². The number of hydrogen-bond acceptors (Lipinski definition) is 3. The van der Waals surface area contributed by atoms with Crippen LogP contribution in [0.4, 0.5) is 0 Å². The first-order valence-corrected chi connectivity index (χ1v) is 6.79. The van der Waals surface area contributed by atoms with E-state index >= 15 is 0 Å². The van der Waals surface area contributed by atoms with Crippen LogP contribution >= 0.6 is 12.6 Å². The largest absolute Gasteiger partial charge is 0.481 e. The van der Waals surface area contributed by atoms with Gasteiger partial charge in [0.15, 0.2) is 0 Å². The molecular weight excluding hydrogens is 246 g/mol. The molecule has 3 nitrogen and oxygen atoms in total. The van der Waals surface area contributed by atoms with Crippen molar-refractivity contribution in [2.75, 3.05) is 0 Å². The molecule has 1 aromatic rings. The van der Waals surface area contributed by atoms with Crippen molar-refractivity contribution >= 4 is 18.6 Å². The first kappa shape index (κ1) is 13.4. The van der Waals surface area contributed by atoms with Gasteiger partial charge in [0, 0.05) is 11.8 Å². The normalized spacial score (nSPS) is 27.3. The van der Waals surface area contributed by atoms with Crippen molar-refractivity contribution in [1.29, 1.82) is 0 Å². The van der Waals surface area contributed by atoms with E-state index in [1.54, 1.807) is 0 Å². The monoisotopic (exact) mass is 265 g/mol. The van der Waals surface area contributed by atoms with Crippen LogP contribution in [0.2, 0.25) is 0 Å². The Bertz CT molecular complexity index is 432. The predicted molar refractivity (Wildman–Crippen MR) is 74.7 cm³/mol. The third-order valence-electron chi connectivity index (χ3n) is 3.94. The second-order valence-electron chi connectivity index (χ2n) is 5.07. The van der Waals surface area contributed by atoms with Crippen molar-refractivity contribution < 1.29 is 9.90 Å².